The van der Waals surface area contributed by atoms with E-state index in [1.54, 1.807) is 0 Å². The first-order chi connectivity index (χ1) is 5.74. The van der Waals surface area contributed by atoms with Crippen LogP contribution in [0.2, 0.25) is 0 Å². The highest BCUT2D eigenvalue weighted by atomic mass is 19.1. The molecule has 1 unspecified atom stereocenters. The first-order valence-electron chi connectivity index (χ1n) is 3.47. The van der Waals surface area contributed by atoms with E-state index in [9.17, 15) is 4.39 Å². The summed E-state index contributed by atoms with van der Waals surface area (Å²) < 4.78 is 12.6. The molecule has 1 atom stereocenters. The highest BCUT2D eigenvalue weighted by Gasteiger charge is 2.05. The Hall–Kier alpha value is -1.47. The van der Waals surface area contributed by atoms with Crippen molar-refractivity contribution in [3.8, 4) is 6.07 Å². The maximum absolute atomic E-state index is 12.6. The number of hydrogen-bond donors (Lipinski definition) is 1. The van der Waals surface area contributed by atoms with Crippen LogP contribution in [-0.4, -0.2) is 4.98 Å². The molecule has 2 N–H and O–H groups in total. The Balaban J connectivity index is 2.82. The van der Waals surface area contributed by atoms with Gasteiger partial charge in [0.25, 0.3) is 0 Å². The Morgan fingerprint density at radius 2 is 2.42 bits per heavy atom. The summed E-state index contributed by atoms with van der Waals surface area (Å²) in [6.45, 7) is 0. The molecule has 62 valence electrons. The van der Waals surface area contributed by atoms with E-state index >= 15 is 0 Å². The molecule has 0 bridgehead atoms. The number of nitriles is 1. The number of rotatable bonds is 2. The zero-order valence-electron chi connectivity index (χ0n) is 6.37. The number of hydrogen-bond acceptors (Lipinski definition) is 3. The molecular formula is C8H8FN3. The molecule has 12 heavy (non-hydrogen) atoms. The summed E-state index contributed by atoms with van der Waals surface area (Å²) in [5, 5.41) is 8.32. The van der Waals surface area contributed by atoms with Gasteiger partial charge in [-0.2, -0.15) is 5.26 Å². The van der Waals surface area contributed by atoms with E-state index in [-0.39, 0.29) is 6.42 Å². The number of nitrogens with zero attached hydrogens (tertiary/aromatic N) is 2. The third kappa shape index (κ3) is 2.01. The highest BCUT2D eigenvalue weighted by molar-refractivity contribution is 5.15. The molecule has 0 aromatic carbocycles. The molecule has 0 aliphatic rings. The molecule has 1 rings (SSSR count). The summed E-state index contributed by atoms with van der Waals surface area (Å²) >= 11 is 0. The summed E-state index contributed by atoms with van der Waals surface area (Å²) in [4.78, 5) is 3.62. The monoisotopic (exact) mass is 165 g/mol. The normalized spacial score (nSPS) is 12.1. The Labute approximate surface area is 69.6 Å². The van der Waals surface area contributed by atoms with E-state index in [1.807, 2.05) is 6.07 Å². The van der Waals surface area contributed by atoms with Gasteiger partial charge >= 0.3 is 0 Å². The molecule has 1 heterocycles. The summed E-state index contributed by atoms with van der Waals surface area (Å²) in [6.07, 6.45) is 2.73. The zero-order chi connectivity index (χ0) is 8.97. The topological polar surface area (TPSA) is 62.7 Å². The first-order valence-corrected chi connectivity index (χ1v) is 3.47. The molecule has 1 aromatic rings. The van der Waals surface area contributed by atoms with E-state index in [0.29, 0.717) is 5.56 Å². The smallest absolute Gasteiger partial charge is 0.141 e. The Kier molecular flexibility index (Phi) is 2.72. The van der Waals surface area contributed by atoms with E-state index < -0.39 is 11.9 Å². The van der Waals surface area contributed by atoms with Gasteiger partial charge < -0.3 is 5.73 Å². The van der Waals surface area contributed by atoms with E-state index in [4.69, 9.17) is 11.0 Å². The van der Waals surface area contributed by atoms with Crippen molar-refractivity contribution < 1.29 is 4.39 Å². The average Bonchev–Trinajstić information content (AvgIpc) is 2.05. The highest BCUT2D eigenvalue weighted by Crippen LogP contribution is 2.12. The molecule has 0 aliphatic heterocycles. The van der Waals surface area contributed by atoms with Crippen molar-refractivity contribution >= 4 is 0 Å². The van der Waals surface area contributed by atoms with Gasteiger partial charge in [-0.25, -0.2) is 4.39 Å². The van der Waals surface area contributed by atoms with Crippen LogP contribution in [0.3, 0.4) is 0 Å². The lowest BCUT2D eigenvalue weighted by Crippen LogP contribution is -2.09. The first kappa shape index (κ1) is 8.62. The second kappa shape index (κ2) is 3.79. The zero-order valence-corrected chi connectivity index (χ0v) is 6.37. The van der Waals surface area contributed by atoms with Gasteiger partial charge in [0.15, 0.2) is 0 Å². The maximum Gasteiger partial charge on any atom is 0.141 e. The lowest BCUT2D eigenvalue weighted by molar-refractivity contribution is 0.612. The largest absolute Gasteiger partial charge is 0.323 e. The van der Waals surface area contributed by atoms with Gasteiger partial charge in [-0.1, -0.05) is 0 Å². The van der Waals surface area contributed by atoms with Gasteiger partial charge in [-0.05, 0) is 11.6 Å². The van der Waals surface area contributed by atoms with Crippen LogP contribution in [0.4, 0.5) is 4.39 Å². The van der Waals surface area contributed by atoms with Crippen LogP contribution in [0.25, 0.3) is 0 Å². The van der Waals surface area contributed by atoms with Gasteiger partial charge in [-0.3, -0.25) is 4.98 Å². The molecule has 0 saturated heterocycles. The van der Waals surface area contributed by atoms with Crippen LogP contribution in [0.5, 0.6) is 0 Å². The number of halogens is 1. The predicted molar refractivity (Wildman–Crippen MR) is 41.4 cm³/mol. The number of pyridine rings is 1. The molecule has 0 spiro atoms. The molecule has 0 radical (unpaired) electrons. The Morgan fingerprint density at radius 1 is 1.67 bits per heavy atom. The minimum absolute atomic E-state index is 0.172. The minimum atomic E-state index is -0.446. The van der Waals surface area contributed by atoms with Gasteiger partial charge in [-0.15, -0.1) is 0 Å². The lowest BCUT2D eigenvalue weighted by Gasteiger charge is -2.05. The van der Waals surface area contributed by atoms with Crippen LogP contribution in [0.1, 0.15) is 18.0 Å². The summed E-state index contributed by atoms with van der Waals surface area (Å²) in [7, 11) is 0. The van der Waals surface area contributed by atoms with Crippen LogP contribution in [0.15, 0.2) is 18.5 Å². The van der Waals surface area contributed by atoms with Crippen molar-refractivity contribution in [3.05, 3.63) is 29.8 Å². The summed E-state index contributed by atoms with van der Waals surface area (Å²) in [6, 6.07) is 2.75. The molecule has 0 amide bonds. The van der Waals surface area contributed by atoms with Gasteiger partial charge in [0.05, 0.1) is 18.7 Å². The quantitative estimate of drug-likeness (QED) is 0.714. The van der Waals surface area contributed by atoms with Crippen LogP contribution in [0, 0.1) is 17.1 Å². The fourth-order valence-electron chi connectivity index (χ4n) is 0.847. The second-order valence-corrected chi connectivity index (χ2v) is 2.41. The maximum atomic E-state index is 12.6. The third-order valence-corrected chi connectivity index (χ3v) is 1.47. The SMILES string of the molecule is N#CCC(N)c1cncc(F)c1. The summed E-state index contributed by atoms with van der Waals surface area (Å²) in [5.74, 6) is -0.430. The van der Waals surface area contributed by atoms with Crippen molar-refractivity contribution in [2.24, 2.45) is 5.73 Å². The van der Waals surface area contributed by atoms with E-state index in [1.165, 1.54) is 12.3 Å². The van der Waals surface area contributed by atoms with Crippen LogP contribution < -0.4 is 5.73 Å². The molecule has 3 nitrogen and oxygen atoms in total. The molecular weight excluding hydrogens is 157 g/mol. The second-order valence-electron chi connectivity index (χ2n) is 2.41. The number of aromatic nitrogens is 1. The standard InChI is InChI=1S/C8H8FN3/c9-7-3-6(4-12-5-7)8(11)1-2-10/h3-5,8H,1,11H2. The predicted octanol–water partition coefficient (Wildman–Crippen LogP) is 1.13. The van der Waals surface area contributed by atoms with Crippen molar-refractivity contribution in [2.45, 2.75) is 12.5 Å². The van der Waals surface area contributed by atoms with Crippen molar-refractivity contribution in [2.75, 3.05) is 0 Å². The average molecular weight is 165 g/mol. The number of nitrogens with two attached hydrogens (primary N) is 1. The molecule has 0 aliphatic carbocycles. The van der Waals surface area contributed by atoms with E-state index in [0.717, 1.165) is 6.20 Å². The Morgan fingerprint density at radius 3 is 3.00 bits per heavy atom. The fraction of sp³-hybridized carbons (Fsp3) is 0.250. The Bertz CT molecular complexity index is 305. The van der Waals surface area contributed by atoms with Crippen molar-refractivity contribution in [1.29, 1.82) is 5.26 Å². The lowest BCUT2D eigenvalue weighted by atomic mass is 10.1. The van der Waals surface area contributed by atoms with Gasteiger partial charge in [0.2, 0.25) is 0 Å². The van der Waals surface area contributed by atoms with Crippen LogP contribution >= 0.6 is 0 Å². The minimum Gasteiger partial charge on any atom is -0.323 e. The summed E-state index contributed by atoms with van der Waals surface area (Å²) in [5.41, 5.74) is 6.10. The van der Waals surface area contributed by atoms with Crippen LogP contribution in [-0.2, 0) is 0 Å². The molecule has 0 fully saturated rings. The van der Waals surface area contributed by atoms with Crippen molar-refractivity contribution in [1.82, 2.24) is 4.98 Å². The van der Waals surface area contributed by atoms with Gasteiger partial charge in [0, 0.05) is 12.2 Å². The molecule has 4 heteroatoms. The molecule has 1 aromatic heterocycles. The van der Waals surface area contributed by atoms with Crippen molar-refractivity contribution in [3.63, 3.8) is 0 Å². The molecule has 0 saturated carbocycles. The van der Waals surface area contributed by atoms with Gasteiger partial charge in [0.1, 0.15) is 5.82 Å². The van der Waals surface area contributed by atoms with E-state index in [2.05, 4.69) is 4.98 Å². The fourth-order valence-corrected chi connectivity index (χ4v) is 0.847. The third-order valence-electron chi connectivity index (χ3n) is 1.47.